The number of hydrogen-bond acceptors (Lipinski definition) is 2. The van der Waals surface area contributed by atoms with E-state index in [1.807, 2.05) is 6.92 Å². The fraction of sp³-hybridized carbons (Fsp3) is 0.533. The van der Waals surface area contributed by atoms with Crippen LogP contribution in [0.3, 0.4) is 0 Å². The minimum atomic E-state index is -4.64. The lowest BCUT2D eigenvalue weighted by Gasteiger charge is -2.28. The number of carbonyl (C=O) groups excluding carboxylic acids is 1. The van der Waals surface area contributed by atoms with Gasteiger partial charge in [0.2, 0.25) is 9.70 Å². The van der Waals surface area contributed by atoms with Gasteiger partial charge in [-0.15, -0.1) is 0 Å². The second kappa shape index (κ2) is 9.40. The highest BCUT2D eigenvalue weighted by Crippen LogP contribution is 2.38. The van der Waals surface area contributed by atoms with E-state index < -0.39 is 33.3 Å². The number of rotatable bonds is 7. The largest absolute Gasteiger partial charge is 0.418 e. The second-order valence-electron chi connectivity index (χ2n) is 5.33. The summed E-state index contributed by atoms with van der Waals surface area (Å²) in [6, 6.07) is 2.96. The number of benzene rings is 1. The smallest absolute Gasteiger partial charge is 0.361 e. The van der Waals surface area contributed by atoms with E-state index in [4.69, 9.17) is 46.4 Å². The molecule has 10 heteroatoms. The first-order chi connectivity index (χ1) is 11.4. The molecule has 2 N–H and O–H groups in total. The Morgan fingerprint density at radius 3 is 2.36 bits per heavy atom. The number of hydrogen-bond donors (Lipinski definition) is 2. The topological polar surface area (TPSA) is 41.1 Å². The lowest BCUT2D eigenvalue weighted by atomic mass is 10.1. The molecule has 0 aromatic heterocycles. The first kappa shape index (κ1) is 22.5. The summed E-state index contributed by atoms with van der Waals surface area (Å²) in [5.41, 5.74) is -1.39. The Morgan fingerprint density at radius 2 is 1.84 bits per heavy atom. The van der Waals surface area contributed by atoms with Crippen molar-refractivity contribution in [2.45, 2.75) is 48.7 Å². The van der Waals surface area contributed by atoms with Crippen LogP contribution in [-0.2, 0) is 11.0 Å². The van der Waals surface area contributed by atoms with Gasteiger partial charge < -0.3 is 10.6 Å². The van der Waals surface area contributed by atoms with Crippen molar-refractivity contribution in [1.82, 2.24) is 5.32 Å². The van der Waals surface area contributed by atoms with Gasteiger partial charge in [0.15, 0.2) is 0 Å². The molecule has 0 saturated heterocycles. The van der Waals surface area contributed by atoms with Crippen LogP contribution in [0.1, 0.15) is 38.2 Å². The van der Waals surface area contributed by atoms with Crippen molar-refractivity contribution in [3.8, 4) is 0 Å². The van der Waals surface area contributed by atoms with Crippen LogP contribution in [0, 0.1) is 0 Å². The van der Waals surface area contributed by atoms with E-state index >= 15 is 0 Å². The average Bonchev–Trinajstić information content (AvgIpc) is 2.44. The van der Waals surface area contributed by atoms with Crippen molar-refractivity contribution < 1.29 is 18.0 Å². The van der Waals surface area contributed by atoms with Crippen LogP contribution in [0.5, 0.6) is 0 Å². The molecule has 1 rings (SSSR count). The zero-order valence-electron chi connectivity index (χ0n) is 13.2. The van der Waals surface area contributed by atoms with Crippen molar-refractivity contribution in [2.75, 3.05) is 5.32 Å². The molecule has 3 nitrogen and oxygen atoms in total. The van der Waals surface area contributed by atoms with Gasteiger partial charge in [-0.25, -0.2) is 0 Å². The van der Waals surface area contributed by atoms with E-state index in [1.165, 1.54) is 0 Å². The van der Waals surface area contributed by atoms with Gasteiger partial charge in [-0.2, -0.15) is 13.2 Å². The Morgan fingerprint density at radius 1 is 1.20 bits per heavy atom. The summed E-state index contributed by atoms with van der Waals surface area (Å²) in [4.78, 5) is 11.9. The number of unbranched alkanes of at least 4 members (excludes halogenated alkanes) is 2. The molecule has 0 bridgehead atoms. The predicted molar refractivity (Wildman–Crippen MR) is 96.4 cm³/mol. The van der Waals surface area contributed by atoms with E-state index in [9.17, 15) is 18.0 Å². The standard InChI is InChI=1S/C15H17Cl4F3N2O/c1-2-3-4-5-12(25)24-13(14(17,18)19)23-11-8-9(16)6-7-10(11)15(20,21)22/h6-8,13,23H,2-5H2,1H3,(H,24,25)/t13-/m0/s1. The Hall–Kier alpha value is -0.560. The third kappa shape index (κ3) is 7.69. The molecule has 25 heavy (non-hydrogen) atoms. The molecule has 0 aliphatic rings. The molecule has 0 fully saturated rings. The van der Waals surface area contributed by atoms with Crippen LogP contribution in [0.4, 0.5) is 18.9 Å². The summed E-state index contributed by atoms with van der Waals surface area (Å²) < 4.78 is 37.3. The van der Waals surface area contributed by atoms with E-state index in [0.29, 0.717) is 6.42 Å². The number of alkyl halides is 6. The van der Waals surface area contributed by atoms with Crippen molar-refractivity contribution in [1.29, 1.82) is 0 Å². The molecule has 0 unspecified atom stereocenters. The molecule has 142 valence electrons. The highest BCUT2D eigenvalue weighted by molar-refractivity contribution is 6.68. The zero-order chi connectivity index (χ0) is 19.3. The molecule has 1 aromatic rings. The van der Waals surface area contributed by atoms with Gasteiger partial charge in [-0.05, 0) is 24.6 Å². The molecule has 1 amide bonds. The minimum Gasteiger partial charge on any atom is -0.361 e. The highest BCUT2D eigenvalue weighted by Gasteiger charge is 2.38. The quantitative estimate of drug-likeness (QED) is 0.303. The monoisotopic (exact) mass is 438 g/mol. The third-order valence-electron chi connectivity index (χ3n) is 3.23. The van der Waals surface area contributed by atoms with Gasteiger partial charge in [0, 0.05) is 17.1 Å². The van der Waals surface area contributed by atoms with Crippen molar-refractivity contribution in [3.05, 3.63) is 28.8 Å². The second-order valence-corrected chi connectivity index (χ2v) is 8.14. The molecular formula is C15H17Cl4F3N2O. The summed E-state index contributed by atoms with van der Waals surface area (Å²) in [5.74, 6) is -0.437. The Balaban J connectivity index is 3.00. The fourth-order valence-electron chi connectivity index (χ4n) is 2.01. The van der Waals surface area contributed by atoms with Crippen LogP contribution in [0.2, 0.25) is 5.02 Å². The van der Waals surface area contributed by atoms with Crippen LogP contribution < -0.4 is 10.6 Å². The van der Waals surface area contributed by atoms with Gasteiger partial charge in [-0.1, -0.05) is 66.2 Å². The molecule has 0 saturated carbocycles. The molecule has 1 aromatic carbocycles. The Bertz CT molecular complexity index is 591. The number of nitrogens with one attached hydrogen (secondary N) is 2. The van der Waals surface area contributed by atoms with Crippen molar-refractivity contribution in [3.63, 3.8) is 0 Å². The summed E-state index contributed by atoms with van der Waals surface area (Å²) in [6.45, 7) is 1.97. The number of anilines is 1. The van der Waals surface area contributed by atoms with Crippen LogP contribution in [0.25, 0.3) is 0 Å². The van der Waals surface area contributed by atoms with Gasteiger partial charge in [0.25, 0.3) is 0 Å². The molecule has 0 heterocycles. The molecule has 0 aliphatic heterocycles. The van der Waals surface area contributed by atoms with Gasteiger partial charge in [0.1, 0.15) is 6.17 Å². The predicted octanol–water partition coefficient (Wildman–Crippen LogP) is 6.16. The molecule has 0 radical (unpaired) electrons. The number of carbonyl (C=O) groups is 1. The summed E-state index contributed by atoms with van der Waals surface area (Å²) >= 11 is 23.2. The molecule has 1 atom stereocenters. The van der Waals surface area contributed by atoms with Crippen LogP contribution in [0.15, 0.2) is 18.2 Å². The lowest BCUT2D eigenvalue weighted by Crippen LogP contribution is -2.49. The molecular weight excluding hydrogens is 423 g/mol. The Labute approximate surface area is 164 Å². The maximum Gasteiger partial charge on any atom is 0.418 e. The summed E-state index contributed by atoms with van der Waals surface area (Å²) in [5, 5.41) is 4.89. The zero-order valence-corrected chi connectivity index (χ0v) is 16.2. The average molecular weight is 440 g/mol. The van der Waals surface area contributed by atoms with Gasteiger partial charge in [-0.3, -0.25) is 4.79 Å². The first-order valence-corrected chi connectivity index (χ1v) is 8.95. The number of halogens is 7. The summed E-state index contributed by atoms with van der Waals surface area (Å²) in [6.07, 6.45) is -3.46. The van der Waals surface area contributed by atoms with E-state index in [1.54, 1.807) is 0 Å². The van der Waals surface area contributed by atoms with E-state index in [0.717, 1.165) is 31.0 Å². The van der Waals surface area contributed by atoms with Gasteiger partial charge >= 0.3 is 6.18 Å². The normalized spacial score (nSPS) is 13.4. The van der Waals surface area contributed by atoms with Crippen molar-refractivity contribution >= 4 is 58.0 Å². The maximum atomic E-state index is 13.1. The maximum absolute atomic E-state index is 13.1. The van der Waals surface area contributed by atoms with E-state index in [-0.39, 0.29) is 11.4 Å². The third-order valence-corrected chi connectivity index (χ3v) is 4.12. The van der Waals surface area contributed by atoms with Crippen LogP contribution in [-0.4, -0.2) is 15.9 Å². The van der Waals surface area contributed by atoms with E-state index in [2.05, 4.69) is 10.6 Å². The molecule has 0 aliphatic carbocycles. The Kier molecular flexibility index (Phi) is 8.45. The van der Waals surface area contributed by atoms with Crippen LogP contribution >= 0.6 is 46.4 Å². The minimum absolute atomic E-state index is 0.0628. The van der Waals surface area contributed by atoms with Crippen molar-refractivity contribution in [2.24, 2.45) is 0 Å². The lowest BCUT2D eigenvalue weighted by molar-refractivity contribution is -0.137. The molecule has 0 spiro atoms. The highest BCUT2D eigenvalue weighted by atomic mass is 35.6. The SMILES string of the molecule is CCCCCC(=O)N[C@H](Nc1cc(Cl)ccc1C(F)(F)F)C(Cl)(Cl)Cl. The summed E-state index contributed by atoms with van der Waals surface area (Å²) in [7, 11) is 0. The number of amides is 1. The fourth-order valence-corrected chi connectivity index (χ4v) is 2.51. The first-order valence-electron chi connectivity index (χ1n) is 7.44. The van der Waals surface area contributed by atoms with Gasteiger partial charge in [0.05, 0.1) is 5.56 Å².